The number of aryl methyl sites for hydroxylation is 1. The van der Waals surface area contributed by atoms with Crippen LogP contribution in [0.25, 0.3) is 0 Å². The van der Waals surface area contributed by atoms with E-state index in [2.05, 4.69) is 0 Å². The van der Waals surface area contributed by atoms with Crippen molar-refractivity contribution in [1.82, 2.24) is 0 Å². The highest BCUT2D eigenvalue weighted by atomic mass is 19.1. The maximum absolute atomic E-state index is 13.1. The summed E-state index contributed by atoms with van der Waals surface area (Å²) in [7, 11) is 0. The normalized spacial score (nSPS) is 30.1. The number of ketones is 1. The predicted molar refractivity (Wildman–Crippen MR) is 64.2 cm³/mol. The van der Waals surface area contributed by atoms with E-state index in [9.17, 15) is 9.18 Å². The molecule has 2 atom stereocenters. The Hall–Kier alpha value is -1.18. The van der Waals surface area contributed by atoms with E-state index in [1.165, 1.54) is 18.6 Å². The lowest BCUT2D eigenvalue weighted by atomic mass is 9.92. The second kappa shape index (κ2) is 3.94. The summed E-state index contributed by atoms with van der Waals surface area (Å²) in [6.07, 6.45) is 3.91. The Bertz CT molecular complexity index is 456. The molecule has 0 bridgehead atoms. The average molecular weight is 232 g/mol. The van der Waals surface area contributed by atoms with Gasteiger partial charge in [0.15, 0.2) is 0 Å². The summed E-state index contributed by atoms with van der Waals surface area (Å²) >= 11 is 0. The lowest BCUT2D eigenvalue weighted by Gasteiger charge is -2.11. The maximum atomic E-state index is 13.1. The molecule has 1 nitrogen and oxygen atoms in total. The molecule has 2 aliphatic rings. The summed E-state index contributed by atoms with van der Waals surface area (Å²) in [5.41, 5.74) is 1.87. The number of rotatable bonds is 3. The highest BCUT2D eigenvalue weighted by Gasteiger charge is 2.47. The van der Waals surface area contributed by atoms with E-state index in [-0.39, 0.29) is 11.7 Å². The van der Waals surface area contributed by atoms with Crippen molar-refractivity contribution in [2.45, 2.75) is 32.6 Å². The first kappa shape index (κ1) is 10.9. The second-order valence-electron chi connectivity index (χ2n) is 5.64. The summed E-state index contributed by atoms with van der Waals surface area (Å²) in [6.45, 7) is 1.94. The minimum atomic E-state index is -0.243. The van der Waals surface area contributed by atoms with Crippen molar-refractivity contribution in [2.24, 2.45) is 17.8 Å². The van der Waals surface area contributed by atoms with E-state index in [4.69, 9.17) is 0 Å². The summed E-state index contributed by atoms with van der Waals surface area (Å²) in [5.74, 6) is 1.98. The molecule has 0 radical (unpaired) electrons. The molecule has 0 heterocycles. The van der Waals surface area contributed by atoms with Crippen LogP contribution in [0.4, 0.5) is 4.39 Å². The molecule has 2 unspecified atom stereocenters. The SMILES string of the molecule is Cc1ccc(F)cc1CC(=O)C1CC2CC2C1. The first-order chi connectivity index (χ1) is 8.13. The number of benzene rings is 1. The molecule has 1 aromatic rings. The van der Waals surface area contributed by atoms with Gasteiger partial charge in [-0.05, 0) is 61.3 Å². The molecular formula is C15H17FO. The fourth-order valence-corrected chi connectivity index (χ4v) is 3.14. The molecule has 2 saturated carbocycles. The van der Waals surface area contributed by atoms with Crippen LogP contribution in [-0.2, 0) is 11.2 Å². The van der Waals surface area contributed by atoms with Crippen LogP contribution in [0.15, 0.2) is 18.2 Å². The van der Waals surface area contributed by atoms with Crippen molar-refractivity contribution in [2.75, 3.05) is 0 Å². The van der Waals surface area contributed by atoms with Gasteiger partial charge in [-0.3, -0.25) is 4.79 Å². The predicted octanol–water partition coefficient (Wildman–Crippen LogP) is 3.29. The summed E-state index contributed by atoms with van der Waals surface area (Å²) in [5, 5.41) is 0. The molecule has 90 valence electrons. The van der Waals surface area contributed by atoms with Crippen molar-refractivity contribution in [1.29, 1.82) is 0 Å². The Kier molecular flexibility index (Phi) is 2.53. The molecule has 0 spiro atoms. The Morgan fingerprint density at radius 1 is 1.29 bits per heavy atom. The fourth-order valence-electron chi connectivity index (χ4n) is 3.14. The van der Waals surface area contributed by atoms with Gasteiger partial charge >= 0.3 is 0 Å². The van der Waals surface area contributed by atoms with Crippen molar-refractivity contribution >= 4 is 5.78 Å². The third-order valence-corrected chi connectivity index (χ3v) is 4.37. The minimum absolute atomic E-state index is 0.243. The average Bonchev–Trinajstić information content (AvgIpc) is 2.91. The fraction of sp³-hybridized carbons (Fsp3) is 0.533. The molecule has 0 aliphatic heterocycles. The van der Waals surface area contributed by atoms with Gasteiger partial charge in [-0.25, -0.2) is 4.39 Å². The van der Waals surface area contributed by atoms with Crippen LogP contribution in [0, 0.1) is 30.5 Å². The zero-order valence-corrected chi connectivity index (χ0v) is 10.1. The molecule has 1 aromatic carbocycles. The summed E-state index contributed by atoms with van der Waals surface area (Å²) in [6, 6.07) is 4.71. The van der Waals surface area contributed by atoms with E-state index in [0.717, 1.165) is 35.8 Å². The molecule has 3 rings (SSSR count). The highest BCUT2D eigenvalue weighted by molar-refractivity contribution is 5.84. The Morgan fingerprint density at radius 2 is 2.00 bits per heavy atom. The van der Waals surface area contributed by atoms with Crippen LogP contribution in [-0.4, -0.2) is 5.78 Å². The van der Waals surface area contributed by atoms with Crippen LogP contribution in [0.1, 0.15) is 30.4 Å². The number of carbonyl (C=O) groups excluding carboxylic acids is 1. The molecule has 0 saturated heterocycles. The van der Waals surface area contributed by atoms with E-state index < -0.39 is 0 Å². The standard InChI is InChI=1S/C15H17FO/c1-9-2-3-14(16)7-10(9)8-15(17)13-5-11-4-12(11)6-13/h2-3,7,11-13H,4-6,8H2,1H3. The van der Waals surface area contributed by atoms with Gasteiger partial charge in [0.2, 0.25) is 0 Å². The molecule has 0 N–H and O–H groups in total. The third kappa shape index (κ3) is 2.13. The van der Waals surface area contributed by atoms with E-state index in [0.29, 0.717) is 12.2 Å². The van der Waals surface area contributed by atoms with E-state index >= 15 is 0 Å². The Balaban J connectivity index is 1.69. The van der Waals surface area contributed by atoms with Gasteiger partial charge < -0.3 is 0 Å². The molecule has 0 amide bonds. The first-order valence-electron chi connectivity index (χ1n) is 6.41. The Morgan fingerprint density at radius 3 is 2.71 bits per heavy atom. The van der Waals surface area contributed by atoms with Crippen LogP contribution in [0.3, 0.4) is 0 Å². The van der Waals surface area contributed by atoms with Gasteiger partial charge in [-0.15, -0.1) is 0 Å². The topological polar surface area (TPSA) is 17.1 Å². The minimum Gasteiger partial charge on any atom is -0.299 e. The van der Waals surface area contributed by atoms with Gasteiger partial charge in [0.05, 0.1) is 0 Å². The second-order valence-corrected chi connectivity index (χ2v) is 5.64. The number of carbonyl (C=O) groups is 1. The van der Waals surface area contributed by atoms with E-state index in [1.54, 1.807) is 6.07 Å². The van der Waals surface area contributed by atoms with Gasteiger partial charge in [-0.2, -0.15) is 0 Å². The number of hydrogen-bond acceptors (Lipinski definition) is 1. The van der Waals surface area contributed by atoms with Gasteiger partial charge in [0, 0.05) is 12.3 Å². The van der Waals surface area contributed by atoms with Crippen molar-refractivity contribution in [3.05, 3.63) is 35.1 Å². The monoisotopic (exact) mass is 232 g/mol. The van der Waals surface area contributed by atoms with Crippen LogP contribution >= 0.6 is 0 Å². The zero-order valence-electron chi connectivity index (χ0n) is 10.1. The lowest BCUT2D eigenvalue weighted by molar-refractivity contribution is -0.122. The number of halogens is 1. The quantitative estimate of drug-likeness (QED) is 0.781. The van der Waals surface area contributed by atoms with Crippen LogP contribution in [0.2, 0.25) is 0 Å². The van der Waals surface area contributed by atoms with Crippen molar-refractivity contribution in [3.63, 3.8) is 0 Å². The maximum Gasteiger partial charge on any atom is 0.140 e. The van der Waals surface area contributed by atoms with Crippen molar-refractivity contribution in [3.8, 4) is 0 Å². The van der Waals surface area contributed by atoms with Gasteiger partial charge in [-0.1, -0.05) is 6.07 Å². The number of hydrogen-bond donors (Lipinski definition) is 0. The molecule has 0 aromatic heterocycles. The highest BCUT2D eigenvalue weighted by Crippen LogP contribution is 2.54. The largest absolute Gasteiger partial charge is 0.299 e. The summed E-state index contributed by atoms with van der Waals surface area (Å²) in [4.78, 5) is 12.1. The molecule has 2 aliphatic carbocycles. The molecular weight excluding hydrogens is 215 g/mol. The van der Waals surface area contributed by atoms with Gasteiger partial charge in [0.25, 0.3) is 0 Å². The first-order valence-corrected chi connectivity index (χ1v) is 6.41. The van der Waals surface area contributed by atoms with Crippen LogP contribution in [0.5, 0.6) is 0 Å². The molecule has 2 fully saturated rings. The summed E-state index contributed by atoms with van der Waals surface area (Å²) < 4.78 is 13.1. The Labute approximate surface area is 101 Å². The number of fused-ring (bicyclic) bond motifs is 1. The van der Waals surface area contributed by atoms with Crippen molar-refractivity contribution < 1.29 is 9.18 Å². The van der Waals surface area contributed by atoms with E-state index in [1.807, 2.05) is 6.92 Å². The van der Waals surface area contributed by atoms with Gasteiger partial charge in [0.1, 0.15) is 11.6 Å². The smallest absolute Gasteiger partial charge is 0.140 e. The third-order valence-electron chi connectivity index (χ3n) is 4.37. The zero-order chi connectivity index (χ0) is 12.0. The van der Waals surface area contributed by atoms with Crippen LogP contribution < -0.4 is 0 Å². The lowest BCUT2D eigenvalue weighted by Crippen LogP contribution is -2.16. The molecule has 2 heteroatoms. The molecule has 17 heavy (non-hydrogen) atoms. The number of Topliss-reactive ketones (excluding diaryl/α,β-unsaturated/α-hetero) is 1.